The quantitative estimate of drug-likeness (QED) is 0.453. The van der Waals surface area contributed by atoms with E-state index < -0.39 is 17.5 Å². The molecule has 1 saturated carbocycles. The van der Waals surface area contributed by atoms with Gasteiger partial charge < -0.3 is 20.5 Å². The highest BCUT2D eigenvalue weighted by molar-refractivity contribution is 6.00. The summed E-state index contributed by atoms with van der Waals surface area (Å²) in [6.07, 6.45) is 0.718. The Morgan fingerprint density at radius 1 is 0.943 bits per heavy atom. The van der Waals surface area contributed by atoms with Crippen molar-refractivity contribution < 1.29 is 24.2 Å². The van der Waals surface area contributed by atoms with Crippen molar-refractivity contribution in [1.29, 1.82) is 0 Å². The van der Waals surface area contributed by atoms with Crippen LogP contribution in [0.15, 0.2) is 66.7 Å². The molecular formula is C28H26N2O5. The van der Waals surface area contributed by atoms with Crippen molar-refractivity contribution in [2.75, 3.05) is 18.5 Å². The van der Waals surface area contributed by atoms with E-state index in [4.69, 9.17) is 4.74 Å². The van der Waals surface area contributed by atoms with E-state index in [-0.39, 0.29) is 30.5 Å². The maximum Gasteiger partial charge on any atom is 0.407 e. The van der Waals surface area contributed by atoms with Gasteiger partial charge in [-0.25, -0.2) is 9.59 Å². The van der Waals surface area contributed by atoms with Gasteiger partial charge in [0, 0.05) is 18.2 Å². The fraction of sp³-hybridized carbons (Fsp3) is 0.250. The van der Waals surface area contributed by atoms with Crippen LogP contribution in [0.4, 0.5) is 10.5 Å². The highest BCUT2D eigenvalue weighted by Crippen LogP contribution is 2.46. The lowest BCUT2D eigenvalue weighted by Crippen LogP contribution is -2.37. The van der Waals surface area contributed by atoms with Crippen molar-refractivity contribution in [2.45, 2.75) is 25.7 Å². The zero-order chi connectivity index (χ0) is 24.6. The van der Waals surface area contributed by atoms with Crippen molar-refractivity contribution in [3.63, 3.8) is 0 Å². The van der Waals surface area contributed by atoms with Crippen molar-refractivity contribution >= 4 is 23.7 Å². The number of carboxylic acids is 1. The normalized spacial score (nSPS) is 15.0. The Balaban J connectivity index is 1.19. The Morgan fingerprint density at radius 2 is 1.57 bits per heavy atom. The second-order valence-corrected chi connectivity index (χ2v) is 9.20. The smallest absolute Gasteiger partial charge is 0.407 e. The molecular weight excluding hydrogens is 444 g/mol. The molecule has 178 valence electrons. The Hall–Kier alpha value is -4.13. The fourth-order valence-corrected chi connectivity index (χ4v) is 4.78. The van der Waals surface area contributed by atoms with Crippen molar-refractivity contribution in [2.24, 2.45) is 5.41 Å². The molecule has 2 amide bonds. The number of amides is 2. The number of alkyl carbamates (subject to hydrolysis) is 1. The van der Waals surface area contributed by atoms with Crippen LogP contribution in [-0.2, 0) is 9.53 Å². The highest BCUT2D eigenvalue weighted by Gasteiger charge is 2.50. The molecule has 0 aliphatic heterocycles. The number of hydrogen-bond donors (Lipinski definition) is 3. The van der Waals surface area contributed by atoms with Crippen molar-refractivity contribution in [3.05, 3.63) is 89.0 Å². The first-order chi connectivity index (χ1) is 16.9. The lowest BCUT2D eigenvalue weighted by Gasteiger charge is -2.18. The molecule has 0 spiro atoms. The summed E-state index contributed by atoms with van der Waals surface area (Å²) in [4.78, 5) is 36.8. The van der Waals surface area contributed by atoms with Gasteiger partial charge in [-0.2, -0.15) is 0 Å². The summed E-state index contributed by atoms with van der Waals surface area (Å²) in [7, 11) is 0. The topological polar surface area (TPSA) is 105 Å². The zero-order valence-electron chi connectivity index (χ0n) is 19.3. The van der Waals surface area contributed by atoms with Crippen LogP contribution >= 0.6 is 0 Å². The molecule has 35 heavy (non-hydrogen) atoms. The lowest BCUT2D eigenvalue weighted by molar-refractivity contribution is -0.120. The molecule has 7 heteroatoms. The van der Waals surface area contributed by atoms with Crippen LogP contribution in [0.2, 0.25) is 0 Å². The van der Waals surface area contributed by atoms with E-state index in [0.717, 1.165) is 22.3 Å². The first-order valence-electron chi connectivity index (χ1n) is 11.6. The van der Waals surface area contributed by atoms with Crippen LogP contribution in [0.3, 0.4) is 0 Å². The van der Waals surface area contributed by atoms with Crippen LogP contribution < -0.4 is 10.6 Å². The number of aromatic carboxylic acids is 1. The highest BCUT2D eigenvalue weighted by atomic mass is 16.5. The first kappa shape index (κ1) is 22.7. The number of benzene rings is 3. The van der Waals surface area contributed by atoms with Crippen LogP contribution in [-0.4, -0.2) is 36.2 Å². The number of ether oxygens (including phenoxy) is 1. The van der Waals surface area contributed by atoms with Gasteiger partial charge in [-0.1, -0.05) is 54.6 Å². The van der Waals surface area contributed by atoms with Gasteiger partial charge in [0.1, 0.15) is 6.61 Å². The molecule has 0 unspecified atom stereocenters. The van der Waals surface area contributed by atoms with Gasteiger partial charge in [-0.3, -0.25) is 4.79 Å². The number of carboxylic acid groups (broad SMARTS) is 1. The molecule has 3 N–H and O–H groups in total. The predicted molar refractivity (Wildman–Crippen MR) is 132 cm³/mol. The maximum absolute atomic E-state index is 12.9. The summed E-state index contributed by atoms with van der Waals surface area (Å²) >= 11 is 0. The lowest BCUT2D eigenvalue weighted by atomic mass is 9.98. The fourth-order valence-electron chi connectivity index (χ4n) is 4.78. The largest absolute Gasteiger partial charge is 0.478 e. The molecule has 7 nitrogen and oxygen atoms in total. The molecule has 1 fully saturated rings. The molecule has 0 radical (unpaired) electrons. The van der Waals surface area contributed by atoms with Gasteiger partial charge in [0.25, 0.3) is 0 Å². The van der Waals surface area contributed by atoms with E-state index in [9.17, 15) is 19.5 Å². The second-order valence-electron chi connectivity index (χ2n) is 9.20. The minimum absolute atomic E-state index is 0.0316. The van der Waals surface area contributed by atoms with Gasteiger partial charge in [-0.15, -0.1) is 0 Å². The zero-order valence-corrected chi connectivity index (χ0v) is 19.3. The Morgan fingerprint density at radius 3 is 2.17 bits per heavy atom. The number of fused-ring (bicyclic) bond motifs is 3. The number of anilines is 1. The van der Waals surface area contributed by atoms with Crippen LogP contribution in [0.25, 0.3) is 11.1 Å². The van der Waals surface area contributed by atoms with Gasteiger partial charge >= 0.3 is 12.1 Å². The molecule has 3 aromatic carbocycles. The van der Waals surface area contributed by atoms with E-state index in [1.54, 1.807) is 19.1 Å². The number of carbonyl (C=O) groups is 3. The van der Waals surface area contributed by atoms with Gasteiger partial charge in [0.05, 0.1) is 11.0 Å². The Bertz CT molecular complexity index is 1280. The van der Waals surface area contributed by atoms with E-state index >= 15 is 0 Å². The number of hydrogen-bond acceptors (Lipinski definition) is 4. The second kappa shape index (κ2) is 8.91. The SMILES string of the molecule is Cc1c(NC(=O)C2(CNC(=O)OCC3c4ccccc4-c4ccccc43)CC2)cccc1C(=O)O. The molecule has 5 rings (SSSR count). The molecule has 0 atom stereocenters. The molecule has 0 heterocycles. The van der Waals surface area contributed by atoms with Crippen molar-refractivity contribution in [1.82, 2.24) is 5.32 Å². The summed E-state index contributed by atoms with van der Waals surface area (Å²) in [6, 6.07) is 21.0. The third kappa shape index (κ3) is 4.25. The van der Waals surface area contributed by atoms with E-state index in [0.29, 0.717) is 24.1 Å². The first-order valence-corrected chi connectivity index (χ1v) is 11.6. The Labute approximate surface area is 203 Å². The van der Waals surface area contributed by atoms with E-state index in [2.05, 4.69) is 34.9 Å². The molecule has 3 aromatic rings. The molecule has 2 aliphatic carbocycles. The molecule has 2 aliphatic rings. The van der Waals surface area contributed by atoms with E-state index in [1.807, 2.05) is 24.3 Å². The number of carbonyl (C=O) groups excluding carboxylic acids is 2. The third-order valence-corrected chi connectivity index (χ3v) is 7.06. The molecule has 0 saturated heterocycles. The average molecular weight is 471 g/mol. The van der Waals surface area contributed by atoms with Crippen LogP contribution in [0.1, 0.15) is 45.8 Å². The van der Waals surface area contributed by atoms with Crippen LogP contribution in [0.5, 0.6) is 0 Å². The standard InChI is InChI=1S/C28H26N2O5/c1-17-18(25(31)32)11-6-12-24(17)30-26(33)28(13-14-28)16-29-27(34)35-15-23-21-9-4-2-7-19(21)20-8-3-5-10-22(20)23/h2-12,23H,13-16H2,1H3,(H,29,34)(H,30,33)(H,31,32). The predicted octanol–water partition coefficient (Wildman–Crippen LogP) is 4.95. The molecule has 0 aromatic heterocycles. The maximum atomic E-state index is 12.9. The minimum atomic E-state index is -1.04. The van der Waals surface area contributed by atoms with Gasteiger partial charge in [0.15, 0.2) is 0 Å². The van der Waals surface area contributed by atoms with E-state index in [1.165, 1.54) is 6.07 Å². The number of rotatable bonds is 7. The van der Waals surface area contributed by atoms with Crippen LogP contribution in [0, 0.1) is 12.3 Å². The Kier molecular flexibility index (Phi) is 5.76. The summed E-state index contributed by atoms with van der Waals surface area (Å²) < 4.78 is 5.58. The van der Waals surface area contributed by atoms with Gasteiger partial charge in [0.2, 0.25) is 5.91 Å². The summed E-state index contributed by atoms with van der Waals surface area (Å²) in [5.74, 6) is -1.31. The summed E-state index contributed by atoms with van der Waals surface area (Å²) in [6.45, 7) is 2.03. The number of nitrogens with one attached hydrogen (secondary N) is 2. The van der Waals surface area contributed by atoms with Crippen molar-refractivity contribution in [3.8, 4) is 11.1 Å². The molecule has 0 bridgehead atoms. The minimum Gasteiger partial charge on any atom is -0.478 e. The third-order valence-electron chi connectivity index (χ3n) is 7.06. The monoisotopic (exact) mass is 470 g/mol. The van der Waals surface area contributed by atoms with Gasteiger partial charge in [-0.05, 0) is 59.7 Å². The summed E-state index contributed by atoms with van der Waals surface area (Å²) in [5, 5.41) is 14.9. The summed E-state index contributed by atoms with van der Waals surface area (Å²) in [5.41, 5.74) is 4.98. The average Bonchev–Trinajstić information content (AvgIpc) is 3.59.